The summed E-state index contributed by atoms with van der Waals surface area (Å²) in [6, 6.07) is 7.46. The molecule has 1 aromatic rings. The van der Waals surface area contributed by atoms with Crippen LogP contribution >= 0.6 is 0 Å². The van der Waals surface area contributed by atoms with Gasteiger partial charge >= 0.3 is 0 Å². The normalized spacial score (nSPS) is 12.8. The molecule has 0 spiro atoms. The van der Waals surface area contributed by atoms with E-state index in [-0.39, 0.29) is 0 Å². The minimum atomic E-state index is -2.20. The third-order valence-corrected chi connectivity index (χ3v) is 2.03. The Hall–Kier alpha value is -0.750. The van der Waals surface area contributed by atoms with Crippen molar-refractivity contribution in [2.24, 2.45) is 5.73 Å². The summed E-state index contributed by atoms with van der Waals surface area (Å²) in [6.07, 6.45) is 0. The van der Waals surface area contributed by atoms with Gasteiger partial charge in [-0.25, -0.2) is 4.72 Å². The van der Waals surface area contributed by atoms with Gasteiger partial charge in [-0.1, -0.05) is 24.3 Å². The van der Waals surface area contributed by atoms with E-state index in [1.54, 1.807) is 0 Å². The van der Waals surface area contributed by atoms with Gasteiger partial charge in [-0.15, -0.1) is 0 Å². The van der Waals surface area contributed by atoms with Crippen LogP contribution in [0.1, 0.15) is 11.1 Å². The largest absolute Gasteiger partial charge is 0.760 e. The van der Waals surface area contributed by atoms with E-state index in [1.165, 1.54) is 0 Å². The maximum Gasteiger partial charge on any atom is 0.0322 e. The molecule has 0 amide bonds. The SMILES string of the molecule is NCc1ccc(CNS(=O)[O-])cc1. The van der Waals surface area contributed by atoms with Gasteiger partial charge in [0.1, 0.15) is 0 Å². The van der Waals surface area contributed by atoms with Gasteiger partial charge in [-0.2, -0.15) is 0 Å². The molecule has 13 heavy (non-hydrogen) atoms. The van der Waals surface area contributed by atoms with E-state index >= 15 is 0 Å². The predicted octanol–water partition coefficient (Wildman–Crippen LogP) is 0.0290. The first-order valence-electron chi connectivity index (χ1n) is 3.83. The van der Waals surface area contributed by atoms with Crippen molar-refractivity contribution < 1.29 is 8.76 Å². The lowest BCUT2D eigenvalue weighted by atomic mass is 10.1. The molecule has 72 valence electrons. The Balaban J connectivity index is 2.54. The third-order valence-electron chi connectivity index (χ3n) is 1.65. The summed E-state index contributed by atoms with van der Waals surface area (Å²) in [5.74, 6) is 0. The van der Waals surface area contributed by atoms with Gasteiger partial charge in [-0.3, -0.25) is 4.21 Å². The van der Waals surface area contributed by atoms with Crippen molar-refractivity contribution in [2.75, 3.05) is 0 Å². The monoisotopic (exact) mass is 199 g/mol. The molecule has 4 nitrogen and oxygen atoms in total. The third kappa shape index (κ3) is 3.65. The average molecular weight is 199 g/mol. The first-order chi connectivity index (χ1) is 6.22. The Labute approximate surface area is 79.6 Å². The highest BCUT2D eigenvalue weighted by molar-refractivity contribution is 7.77. The molecule has 1 atom stereocenters. The summed E-state index contributed by atoms with van der Waals surface area (Å²) in [6.45, 7) is 0.822. The number of hydrogen-bond donors (Lipinski definition) is 2. The van der Waals surface area contributed by atoms with Crippen molar-refractivity contribution in [3.63, 3.8) is 0 Å². The summed E-state index contributed by atoms with van der Waals surface area (Å²) in [4.78, 5) is 0. The molecule has 0 aliphatic heterocycles. The van der Waals surface area contributed by atoms with E-state index in [2.05, 4.69) is 4.72 Å². The number of benzene rings is 1. The van der Waals surface area contributed by atoms with Gasteiger partial charge in [0.25, 0.3) is 0 Å². The standard InChI is InChI=1S/C8H12N2O2S/c9-5-7-1-3-8(4-2-7)6-10-13(11)12/h1-4,10H,5-6,9H2,(H,11,12)/p-1. The fourth-order valence-electron chi connectivity index (χ4n) is 0.935. The molecule has 0 saturated carbocycles. The van der Waals surface area contributed by atoms with Crippen LogP contribution < -0.4 is 10.5 Å². The van der Waals surface area contributed by atoms with E-state index in [0.29, 0.717) is 13.1 Å². The van der Waals surface area contributed by atoms with Gasteiger partial charge in [0.2, 0.25) is 0 Å². The first-order valence-corrected chi connectivity index (χ1v) is 4.90. The van der Waals surface area contributed by atoms with Crippen molar-refractivity contribution in [3.05, 3.63) is 35.4 Å². The fraction of sp³-hybridized carbons (Fsp3) is 0.250. The molecule has 0 heterocycles. The van der Waals surface area contributed by atoms with Crippen LogP contribution in [-0.2, 0) is 24.4 Å². The van der Waals surface area contributed by atoms with Gasteiger partial charge < -0.3 is 10.3 Å². The Morgan fingerprint density at radius 3 is 2.31 bits per heavy atom. The molecule has 1 unspecified atom stereocenters. The van der Waals surface area contributed by atoms with Crippen LogP contribution in [0.5, 0.6) is 0 Å². The summed E-state index contributed by atoms with van der Waals surface area (Å²) >= 11 is -2.20. The van der Waals surface area contributed by atoms with Crippen LogP contribution in [0.4, 0.5) is 0 Å². The van der Waals surface area contributed by atoms with E-state index in [0.717, 1.165) is 11.1 Å². The summed E-state index contributed by atoms with van der Waals surface area (Å²) in [5, 5.41) is 0. The lowest BCUT2D eigenvalue weighted by Gasteiger charge is -2.07. The van der Waals surface area contributed by atoms with Gasteiger partial charge in [-0.05, 0) is 11.1 Å². The minimum Gasteiger partial charge on any atom is -0.760 e. The number of rotatable bonds is 4. The zero-order valence-corrected chi connectivity index (χ0v) is 7.84. The van der Waals surface area contributed by atoms with Gasteiger partial charge in [0, 0.05) is 24.4 Å². The maximum absolute atomic E-state index is 10.2. The molecule has 0 aliphatic rings. The predicted molar refractivity (Wildman–Crippen MR) is 50.1 cm³/mol. The molecular formula is C8H11N2O2S-. The highest BCUT2D eigenvalue weighted by Gasteiger charge is 1.92. The molecule has 0 aromatic heterocycles. The van der Waals surface area contributed by atoms with Gasteiger partial charge in [0.15, 0.2) is 0 Å². The molecule has 0 bridgehead atoms. The second kappa shape index (κ2) is 5.08. The van der Waals surface area contributed by atoms with E-state index < -0.39 is 11.3 Å². The smallest absolute Gasteiger partial charge is 0.0322 e. The molecular weight excluding hydrogens is 188 g/mol. The van der Waals surface area contributed by atoms with Crippen LogP contribution in [0, 0.1) is 0 Å². The topological polar surface area (TPSA) is 78.2 Å². The van der Waals surface area contributed by atoms with Crippen LogP contribution in [0.15, 0.2) is 24.3 Å². The van der Waals surface area contributed by atoms with E-state index in [4.69, 9.17) is 5.73 Å². The van der Waals surface area contributed by atoms with Crippen molar-refractivity contribution in [3.8, 4) is 0 Å². The highest BCUT2D eigenvalue weighted by atomic mass is 32.2. The zero-order valence-electron chi connectivity index (χ0n) is 7.03. The zero-order chi connectivity index (χ0) is 9.68. The molecule has 0 fully saturated rings. The fourth-order valence-corrected chi connectivity index (χ4v) is 1.22. The number of nitrogens with two attached hydrogens (primary N) is 1. The van der Waals surface area contributed by atoms with Gasteiger partial charge in [0.05, 0.1) is 0 Å². The second-order valence-electron chi connectivity index (χ2n) is 2.58. The molecule has 1 rings (SSSR count). The lowest BCUT2D eigenvalue weighted by molar-refractivity contribution is 0.522. The second-order valence-corrected chi connectivity index (χ2v) is 3.33. The summed E-state index contributed by atoms with van der Waals surface area (Å²) < 4.78 is 22.6. The number of hydrogen-bond acceptors (Lipinski definition) is 3. The molecule has 1 aromatic carbocycles. The van der Waals surface area contributed by atoms with E-state index in [9.17, 15) is 8.76 Å². The first kappa shape index (κ1) is 10.3. The molecule has 0 radical (unpaired) electrons. The highest BCUT2D eigenvalue weighted by Crippen LogP contribution is 2.03. The average Bonchev–Trinajstić information content (AvgIpc) is 2.15. The summed E-state index contributed by atoms with van der Waals surface area (Å²) in [7, 11) is 0. The van der Waals surface area contributed by atoms with Crippen molar-refractivity contribution in [1.29, 1.82) is 0 Å². The molecule has 3 N–H and O–H groups in total. The Kier molecular flexibility index (Phi) is 4.04. The van der Waals surface area contributed by atoms with Crippen LogP contribution in [-0.4, -0.2) is 8.76 Å². The van der Waals surface area contributed by atoms with Crippen LogP contribution in [0.3, 0.4) is 0 Å². The van der Waals surface area contributed by atoms with E-state index in [1.807, 2.05) is 24.3 Å². The Morgan fingerprint density at radius 2 is 1.85 bits per heavy atom. The van der Waals surface area contributed by atoms with Crippen molar-refractivity contribution in [2.45, 2.75) is 13.1 Å². The quantitative estimate of drug-likeness (QED) is 0.671. The lowest BCUT2D eigenvalue weighted by Crippen LogP contribution is -2.15. The molecule has 0 aliphatic carbocycles. The van der Waals surface area contributed by atoms with Crippen molar-refractivity contribution in [1.82, 2.24) is 4.72 Å². The number of nitrogens with one attached hydrogen (secondary N) is 1. The Morgan fingerprint density at radius 1 is 1.31 bits per heavy atom. The maximum atomic E-state index is 10.2. The minimum absolute atomic E-state index is 0.320. The Bertz CT molecular complexity index is 287. The molecule has 5 heteroatoms. The van der Waals surface area contributed by atoms with Crippen LogP contribution in [0.25, 0.3) is 0 Å². The molecule has 0 saturated heterocycles. The van der Waals surface area contributed by atoms with Crippen molar-refractivity contribution >= 4 is 11.3 Å². The van der Waals surface area contributed by atoms with Crippen LogP contribution in [0.2, 0.25) is 0 Å². The summed E-state index contributed by atoms with van der Waals surface area (Å²) in [5.41, 5.74) is 7.36.